The molecule has 0 radical (unpaired) electrons. The fourth-order valence-electron chi connectivity index (χ4n) is 9.17. The van der Waals surface area contributed by atoms with E-state index in [-0.39, 0.29) is 23.7 Å². The third kappa shape index (κ3) is 2.99. The average Bonchev–Trinajstić information content (AvgIpc) is 3.12. The number of nitrogens with zero attached hydrogens (tertiary/aromatic N) is 1. The summed E-state index contributed by atoms with van der Waals surface area (Å²) in [5.74, 6) is 3.29. The summed E-state index contributed by atoms with van der Waals surface area (Å²) in [4.78, 5) is 2.51. The zero-order valence-electron chi connectivity index (χ0n) is 23.1. The Morgan fingerprint density at radius 2 is 1.24 bits per heavy atom. The molecule has 0 atom stereocenters. The predicted octanol–water partition coefficient (Wildman–Crippen LogP) is 7.51. The molecule has 5 fully saturated rings. The summed E-state index contributed by atoms with van der Waals surface area (Å²) in [6, 6.07) is 27.4. The summed E-state index contributed by atoms with van der Waals surface area (Å²) < 4.78 is 13.1. The molecule has 3 nitrogen and oxygen atoms in total. The molecule has 0 amide bonds. The first-order chi connectivity index (χ1) is 18.3. The Kier molecular flexibility index (Phi) is 4.77. The van der Waals surface area contributed by atoms with Crippen molar-refractivity contribution >= 4 is 29.6 Å². The highest BCUT2D eigenvalue weighted by Gasteiger charge is 2.61. The van der Waals surface area contributed by atoms with Crippen molar-refractivity contribution in [2.45, 2.75) is 76.4 Å². The highest BCUT2D eigenvalue weighted by atomic mass is 16.7. The van der Waals surface area contributed by atoms with E-state index in [1.807, 2.05) is 0 Å². The lowest BCUT2D eigenvalue weighted by molar-refractivity contribution is -0.0419. The van der Waals surface area contributed by atoms with Crippen LogP contribution < -0.4 is 10.4 Å². The fraction of sp³-hybridized carbons (Fsp3) is 0.471. The van der Waals surface area contributed by atoms with E-state index >= 15 is 0 Å². The van der Waals surface area contributed by atoms with Gasteiger partial charge in [0.05, 0.1) is 16.9 Å². The van der Waals surface area contributed by atoms with Crippen molar-refractivity contribution in [3.05, 3.63) is 83.9 Å². The van der Waals surface area contributed by atoms with Crippen molar-refractivity contribution in [3.63, 3.8) is 0 Å². The number of hydrogen-bond acceptors (Lipinski definition) is 3. The van der Waals surface area contributed by atoms with Gasteiger partial charge in [-0.3, -0.25) is 0 Å². The average molecular weight is 503 g/mol. The highest BCUT2D eigenvalue weighted by Crippen LogP contribution is 2.69. The quantitative estimate of drug-likeness (QED) is 0.338. The number of para-hydroxylation sites is 2. The van der Waals surface area contributed by atoms with E-state index in [0.29, 0.717) is 0 Å². The van der Waals surface area contributed by atoms with Gasteiger partial charge in [-0.05, 0) is 124 Å². The van der Waals surface area contributed by atoms with Crippen molar-refractivity contribution in [1.82, 2.24) is 0 Å². The van der Waals surface area contributed by atoms with Gasteiger partial charge in [-0.25, -0.2) is 0 Å². The standard InChI is InChI=1S/C34H38BNO2/c1-32(2)33(3,4)38-35(37-32)26-14-15-29-31(21-26)36(27-10-6-5-7-11-27)30-13-9-8-12-28(30)34(29)24-17-22-16-23(19-24)20-25(34)18-22/h5-15,21-25H,16-20H2,1-4H3. The molecule has 4 saturated carbocycles. The minimum atomic E-state index is -0.366. The lowest BCUT2D eigenvalue weighted by Crippen LogP contribution is -2.57. The van der Waals surface area contributed by atoms with Gasteiger partial charge >= 0.3 is 7.12 Å². The topological polar surface area (TPSA) is 21.7 Å². The van der Waals surface area contributed by atoms with Crippen LogP contribution in [0.2, 0.25) is 0 Å². The van der Waals surface area contributed by atoms with Crippen LogP contribution in [0.4, 0.5) is 17.1 Å². The summed E-state index contributed by atoms with van der Waals surface area (Å²) >= 11 is 0. The van der Waals surface area contributed by atoms with Gasteiger partial charge in [0, 0.05) is 16.8 Å². The third-order valence-electron chi connectivity index (χ3n) is 11.3. The molecule has 4 bridgehead atoms. The molecule has 3 aromatic carbocycles. The maximum absolute atomic E-state index is 6.54. The van der Waals surface area contributed by atoms with Crippen LogP contribution in [-0.2, 0) is 14.7 Å². The number of hydrogen-bond donors (Lipinski definition) is 0. The molecule has 2 heterocycles. The lowest BCUT2D eigenvalue weighted by Gasteiger charge is -2.64. The first-order valence-corrected chi connectivity index (χ1v) is 14.7. The van der Waals surface area contributed by atoms with E-state index in [2.05, 4.69) is 105 Å². The zero-order valence-corrected chi connectivity index (χ0v) is 23.1. The van der Waals surface area contributed by atoms with Crippen LogP contribution in [-0.4, -0.2) is 18.3 Å². The SMILES string of the molecule is CC1(C)OB(c2ccc3c(c2)N(c2ccccc2)c2ccccc2C32C3CC4CC(C3)CC2C4)OC1(C)C. The maximum atomic E-state index is 6.54. The van der Waals surface area contributed by atoms with E-state index in [9.17, 15) is 0 Å². The third-order valence-corrected chi connectivity index (χ3v) is 11.3. The first-order valence-electron chi connectivity index (χ1n) is 14.7. The van der Waals surface area contributed by atoms with E-state index in [1.54, 1.807) is 5.56 Å². The van der Waals surface area contributed by atoms with E-state index in [1.165, 1.54) is 54.7 Å². The van der Waals surface area contributed by atoms with Crippen LogP contribution in [0.1, 0.15) is 70.9 Å². The van der Waals surface area contributed by atoms with Crippen molar-refractivity contribution in [2.24, 2.45) is 23.7 Å². The van der Waals surface area contributed by atoms with Gasteiger partial charge in [-0.2, -0.15) is 0 Å². The normalized spacial score (nSPS) is 33.5. The van der Waals surface area contributed by atoms with E-state index < -0.39 is 0 Å². The number of benzene rings is 3. The van der Waals surface area contributed by atoms with Gasteiger partial charge in [0.2, 0.25) is 0 Å². The lowest BCUT2D eigenvalue weighted by atomic mass is 9.41. The largest absolute Gasteiger partial charge is 0.494 e. The molecular weight excluding hydrogens is 465 g/mol. The predicted molar refractivity (Wildman–Crippen MR) is 155 cm³/mol. The van der Waals surface area contributed by atoms with Crippen molar-refractivity contribution in [3.8, 4) is 0 Å². The molecule has 0 unspecified atom stereocenters. The number of rotatable bonds is 2. The Bertz CT molecular complexity index is 1370. The van der Waals surface area contributed by atoms with Gasteiger partial charge in [-0.1, -0.05) is 48.5 Å². The maximum Gasteiger partial charge on any atom is 0.494 e. The van der Waals surface area contributed by atoms with Gasteiger partial charge in [0.1, 0.15) is 0 Å². The molecule has 1 saturated heterocycles. The Hall–Kier alpha value is -2.56. The van der Waals surface area contributed by atoms with Crippen LogP contribution in [0.15, 0.2) is 72.8 Å². The van der Waals surface area contributed by atoms with Crippen molar-refractivity contribution < 1.29 is 9.31 Å². The smallest absolute Gasteiger partial charge is 0.399 e. The molecule has 2 aliphatic heterocycles. The van der Waals surface area contributed by atoms with Crippen molar-refractivity contribution in [2.75, 3.05) is 4.90 Å². The Labute approximate surface area is 227 Å². The molecule has 6 aliphatic rings. The summed E-state index contributed by atoms with van der Waals surface area (Å²) in [5, 5.41) is 0. The van der Waals surface area contributed by atoms with Crippen molar-refractivity contribution in [1.29, 1.82) is 0 Å². The van der Waals surface area contributed by atoms with Crippen LogP contribution in [0.25, 0.3) is 0 Å². The van der Waals surface area contributed by atoms with Crippen LogP contribution >= 0.6 is 0 Å². The van der Waals surface area contributed by atoms with E-state index in [4.69, 9.17) is 9.31 Å². The molecule has 9 rings (SSSR count). The highest BCUT2D eigenvalue weighted by molar-refractivity contribution is 6.62. The second-order valence-electron chi connectivity index (χ2n) is 13.7. The Morgan fingerprint density at radius 3 is 1.89 bits per heavy atom. The Balaban J connectivity index is 1.36. The zero-order chi connectivity index (χ0) is 25.9. The molecule has 4 heteroatoms. The van der Waals surface area contributed by atoms with Gasteiger partial charge in [-0.15, -0.1) is 0 Å². The molecule has 38 heavy (non-hydrogen) atoms. The molecule has 0 N–H and O–H groups in total. The Morgan fingerprint density at radius 1 is 0.658 bits per heavy atom. The van der Waals surface area contributed by atoms with Gasteiger partial charge in [0.15, 0.2) is 0 Å². The van der Waals surface area contributed by atoms with Crippen LogP contribution in [0.5, 0.6) is 0 Å². The minimum Gasteiger partial charge on any atom is -0.399 e. The molecule has 4 aliphatic carbocycles. The second-order valence-corrected chi connectivity index (χ2v) is 13.7. The minimum absolute atomic E-state index is 0.0963. The second kappa shape index (κ2) is 7.76. The number of fused-ring (bicyclic) bond motifs is 2. The van der Waals surface area contributed by atoms with Gasteiger partial charge < -0.3 is 14.2 Å². The molecule has 0 aromatic heterocycles. The monoisotopic (exact) mass is 503 g/mol. The summed E-state index contributed by atoms with van der Waals surface area (Å²) in [6.45, 7) is 8.56. The molecule has 3 aromatic rings. The fourth-order valence-corrected chi connectivity index (χ4v) is 9.17. The van der Waals surface area contributed by atoms with Crippen LogP contribution in [0, 0.1) is 23.7 Å². The summed E-state index contributed by atoms with van der Waals surface area (Å²) in [6.07, 6.45) is 6.99. The summed E-state index contributed by atoms with van der Waals surface area (Å²) in [5.41, 5.74) is 7.44. The first kappa shape index (κ1) is 23.3. The summed E-state index contributed by atoms with van der Waals surface area (Å²) in [7, 11) is -0.366. The molecule has 1 spiro atoms. The number of anilines is 3. The molecular formula is C34H38BNO2. The van der Waals surface area contributed by atoms with Gasteiger partial charge in [0.25, 0.3) is 0 Å². The van der Waals surface area contributed by atoms with E-state index in [0.717, 1.165) is 29.1 Å². The van der Waals surface area contributed by atoms with Crippen LogP contribution in [0.3, 0.4) is 0 Å². The molecule has 194 valence electrons.